The maximum Gasteiger partial charge on any atom is 0.407 e. The minimum absolute atomic E-state index is 0.162. The summed E-state index contributed by atoms with van der Waals surface area (Å²) >= 11 is 0. The van der Waals surface area contributed by atoms with Crippen LogP contribution in [0.2, 0.25) is 0 Å². The van der Waals surface area contributed by atoms with E-state index in [1.807, 2.05) is 13.8 Å². The van der Waals surface area contributed by atoms with Crippen LogP contribution in [0.5, 0.6) is 0 Å². The molecule has 0 unspecified atom stereocenters. The van der Waals surface area contributed by atoms with Crippen LogP contribution in [-0.2, 0) is 4.74 Å². The number of carboxylic acids is 1. The summed E-state index contributed by atoms with van der Waals surface area (Å²) in [7, 11) is 2.64. The molecule has 1 aromatic carbocycles. The Hall–Kier alpha value is -1.94. The van der Waals surface area contributed by atoms with E-state index >= 15 is 0 Å². The molecule has 0 radical (unpaired) electrons. The maximum atomic E-state index is 11.3. The van der Waals surface area contributed by atoms with Gasteiger partial charge in [0.25, 0.3) is 5.69 Å². The van der Waals surface area contributed by atoms with Gasteiger partial charge in [-0.25, -0.2) is 9.59 Å². The molecule has 0 bridgehead atoms. The van der Waals surface area contributed by atoms with Gasteiger partial charge in [-0.05, 0) is 32.9 Å². The van der Waals surface area contributed by atoms with Crippen molar-refractivity contribution in [2.45, 2.75) is 30.4 Å². The molecule has 0 aliphatic carbocycles. The fraction of sp³-hybridized carbons (Fsp3) is 0.429. The Kier molecular flexibility index (Phi) is 7.36. The lowest BCUT2D eigenvalue weighted by atomic mass is 10.2. The molecule has 0 aliphatic rings. The summed E-state index contributed by atoms with van der Waals surface area (Å²) in [6.45, 7) is 6.16. The van der Waals surface area contributed by atoms with Crippen molar-refractivity contribution in [2.75, 3.05) is 13.2 Å². The number of rotatable bonds is 8. The van der Waals surface area contributed by atoms with Crippen LogP contribution in [0.3, 0.4) is 0 Å². The average molecular weight is 374 g/mol. The van der Waals surface area contributed by atoms with Gasteiger partial charge in [-0.1, -0.05) is 21.6 Å². The van der Waals surface area contributed by atoms with Crippen molar-refractivity contribution in [1.29, 1.82) is 0 Å². The highest BCUT2D eigenvalue weighted by Crippen LogP contribution is 2.41. The number of hydrogen-bond donors (Lipinski definition) is 2. The number of nitro groups is 1. The molecule has 8 nitrogen and oxygen atoms in total. The van der Waals surface area contributed by atoms with Gasteiger partial charge in [-0.2, -0.15) is 0 Å². The Morgan fingerprint density at radius 2 is 2.08 bits per heavy atom. The van der Waals surface area contributed by atoms with Crippen molar-refractivity contribution in [1.82, 2.24) is 5.32 Å². The number of ether oxygens (including phenoxy) is 1. The predicted octanol–water partition coefficient (Wildman–Crippen LogP) is 3.56. The largest absolute Gasteiger partial charge is 0.477 e. The van der Waals surface area contributed by atoms with Gasteiger partial charge in [0.05, 0.1) is 9.67 Å². The fourth-order valence-corrected chi connectivity index (χ4v) is 3.66. The summed E-state index contributed by atoms with van der Waals surface area (Å²) in [5.74, 6) is -1.35. The monoisotopic (exact) mass is 374 g/mol. The van der Waals surface area contributed by atoms with Gasteiger partial charge in [-0.3, -0.25) is 10.1 Å². The van der Waals surface area contributed by atoms with Crippen LogP contribution in [0.4, 0.5) is 10.5 Å². The highest BCUT2D eigenvalue weighted by molar-refractivity contribution is 8.77. The summed E-state index contributed by atoms with van der Waals surface area (Å²) in [5.41, 5.74) is -0.808. The summed E-state index contributed by atoms with van der Waals surface area (Å²) in [4.78, 5) is 33.1. The number of benzene rings is 1. The first kappa shape index (κ1) is 20.1. The number of hydrogen-bond acceptors (Lipinski definition) is 7. The zero-order valence-corrected chi connectivity index (χ0v) is 15.0. The molecule has 1 aromatic rings. The van der Waals surface area contributed by atoms with Gasteiger partial charge in [-0.15, -0.1) is 0 Å². The highest BCUT2D eigenvalue weighted by atomic mass is 33.1. The Labute approximate surface area is 146 Å². The summed E-state index contributed by atoms with van der Waals surface area (Å²) in [5, 5.41) is 22.4. The molecule has 0 aliphatic heterocycles. The number of carbonyl (C=O) groups is 2. The van der Waals surface area contributed by atoms with Crippen molar-refractivity contribution in [2.24, 2.45) is 0 Å². The Bertz CT molecular complexity index is 636. The third-order valence-electron chi connectivity index (χ3n) is 2.63. The Morgan fingerprint density at radius 1 is 1.42 bits per heavy atom. The molecule has 1 amide bonds. The summed E-state index contributed by atoms with van der Waals surface area (Å²) in [6.07, 6.45) is -0.500. The SMILES string of the molecule is CCNC(=O)OCC(C)(C)SSc1ccc([N+](=O)[O-])c(C(=O)O)c1. The van der Waals surface area contributed by atoms with Crippen molar-refractivity contribution < 1.29 is 24.4 Å². The third-order valence-corrected chi connectivity index (χ3v) is 5.91. The van der Waals surface area contributed by atoms with Crippen LogP contribution < -0.4 is 5.32 Å². The molecular formula is C14H18N2O6S2. The van der Waals surface area contributed by atoms with Gasteiger partial charge >= 0.3 is 12.1 Å². The number of alkyl carbamates (subject to hydrolysis) is 1. The number of nitrogens with one attached hydrogen (secondary N) is 1. The topological polar surface area (TPSA) is 119 Å². The molecule has 24 heavy (non-hydrogen) atoms. The Morgan fingerprint density at radius 3 is 2.62 bits per heavy atom. The number of nitrogens with zero attached hydrogens (tertiary/aromatic N) is 1. The maximum absolute atomic E-state index is 11.3. The molecule has 0 aromatic heterocycles. The predicted molar refractivity (Wildman–Crippen MR) is 92.6 cm³/mol. The van der Waals surface area contributed by atoms with E-state index < -0.39 is 27.4 Å². The lowest BCUT2D eigenvalue weighted by molar-refractivity contribution is -0.385. The number of carboxylic acid groups (broad SMARTS) is 1. The van der Waals surface area contributed by atoms with Crippen LogP contribution in [-0.4, -0.2) is 40.0 Å². The quantitative estimate of drug-likeness (QED) is 0.403. The first-order valence-corrected chi connectivity index (χ1v) is 9.09. The first-order chi connectivity index (χ1) is 11.2. The molecule has 0 atom stereocenters. The van der Waals surface area contributed by atoms with Gasteiger partial charge in [0, 0.05) is 17.5 Å². The second kappa shape index (κ2) is 8.78. The zero-order chi connectivity index (χ0) is 18.3. The van der Waals surface area contributed by atoms with Crippen molar-refractivity contribution in [3.05, 3.63) is 33.9 Å². The molecule has 0 heterocycles. The number of carbonyl (C=O) groups excluding carboxylic acids is 1. The molecular weight excluding hydrogens is 356 g/mol. The van der Waals surface area contributed by atoms with E-state index in [0.29, 0.717) is 11.4 Å². The van der Waals surface area contributed by atoms with Crippen LogP contribution in [0.25, 0.3) is 0 Å². The number of nitro benzene ring substituents is 1. The van der Waals surface area contributed by atoms with E-state index in [0.717, 1.165) is 0 Å². The first-order valence-electron chi connectivity index (χ1n) is 6.94. The van der Waals surface area contributed by atoms with E-state index in [1.54, 1.807) is 6.92 Å². The molecule has 10 heteroatoms. The normalized spacial score (nSPS) is 11.0. The van der Waals surface area contributed by atoms with Crippen LogP contribution in [0.15, 0.2) is 23.1 Å². The van der Waals surface area contributed by atoms with Gasteiger partial charge < -0.3 is 15.2 Å². The number of aromatic carboxylic acids is 1. The second-order valence-corrected chi connectivity index (χ2v) is 8.18. The van der Waals surface area contributed by atoms with Crippen molar-refractivity contribution in [3.8, 4) is 0 Å². The molecule has 0 saturated carbocycles. The lowest BCUT2D eigenvalue weighted by Crippen LogP contribution is -2.30. The third kappa shape index (κ3) is 6.28. The number of amides is 1. The van der Waals surface area contributed by atoms with E-state index in [2.05, 4.69) is 5.32 Å². The Balaban J connectivity index is 2.72. The summed E-state index contributed by atoms with van der Waals surface area (Å²) < 4.78 is 4.65. The molecule has 0 fully saturated rings. The van der Waals surface area contributed by atoms with Crippen LogP contribution >= 0.6 is 21.6 Å². The summed E-state index contributed by atoms with van der Waals surface area (Å²) in [6, 6.07) is 3.92. The molecule has 1 rings (SSSR count). The van der Waals surface area contributed by atoms with Gasteiger partial charge in [0.1, 0.15) is 12.2 Å². The minimum Gasteiger partial charge on any atom is -0.477 e. The molecule has 0 saturated heterocycles. The highest BCUT2D eigenvalue weighted by Gasteiger charge is 2.24. The molecule has 132 valence electrons. The van der Waals surface area contributed by atoms with Gasteiger partial charge in [0.2, 0.25) is 0 Å². The smallest absolute Gasteiger partial charge is 0.407 e. The van der Waals surface area contributed by atoms with Gasteiger partial charge in [0.15, 0.2) is 0 Å². The van der Waals surface area contributed by atoms with E-state index in [4.69, 9.17) is 9.84 Å². The van der Waals surface area contributed by atoms with Crippen molar-refractivity contribution in [3.63, 3.8) is 0 Å². The van der Waals surface area contributed by atoms with E-state index in [-0.39, 0.29) is 12.2 Å². The van der Waals surface area contributed by atoms with E-state index in [9.17, 15) is 19.7 Å². The lowest BCUT2D eigenvalue weighted by Gasteiger charge is -2.22. The fourth-order valence-electron chi connectivity index (χ4n) is 1.52. The van der Waals surface area contributed by atoms with E-state index in [1.165, 1.54) is 39.8 Å². The second-order valence-electron chi connectivity index (χ2n) is 5.27. The average Bonchev–Trinajstić information content (AvgIpc) is 2.51. The zero-order valence-electron chi connectivity index (χ0n) is 13.4. The van der Waals surface area contributed by atoms with Crippen LogP contribution in [0, 0.1) is 10.1 Å². The van der Waals surface area contributed by atoms with Crippen LogP contribution in [0.1, 0.15) is 31.1 Å². The van der Waals surface area contributed by atoms with Crippen molar-refractivity contribution >= 4 is 39.3 Å². The molecule has 0 spiro atoms. The molecule has 2 N–H and O–H groups in total. The minimum atomic E-state index is -1.35. The standard InChI is InChI=1S/C14H18N2O6S2/c1-4-15-13(19)22-8-14(2,3)24-23-9-5-6-11(16(20)21)10(7-9)12(17)18/h5-7H,4,8H2,1-3H3,(H,15,19)(H,17,18).